The number of halogens is 1. The molecule has 0 atom stereocenters. The fraction of sp³-hybridized carbons (Fsp3) is 0.462. The molecule has 18 heavy (non-hydrogen) atoms. The van der Waals surface area contributed by atoms with Crippen molar-refractivity contribution in [2.24, 2.45) is 0 Å². The van der Waals surface area contributed by atoms with Crippen molar-refractivity contribution in [3.8, 4) is 0 Å². The number of H-pyrrole nitrogens is 1. The van der Waals surface area contributed by atoms with Crippen LogP contribution in [-0.4, -0.2) is 34.1 Å². The van der Waals surface area contributed by atoms with Crippen LogP contribution in [0.4, 0.5) is 0 Å². The number of aromatic nitrogens is 2. The zero-order chi connectivity index (χ0) is 13.3. The Morgan fingerprint density at radius 3 is 2.83 bits per heavy atom. The van der Waals surface area contributed by atoms with Gasteiger partial charge in [0.1, 0.15) is 0 Å². The highest BCUT2D eigenvalue weighted by Gasteiger charge is 2.07. The monoisotopic (exact) mass is 375 g/mol. The largest absolute Gasteiger partial charge is 0.331 e. The summed E-state index contributed by atoms with van der Waals surface area (Å²) in [5.41, 5.74) is 2.32. The quantitative estimate of drug-likeness (QED) is 0.652. The molecule has 0 aliphatic rings. The second kappa shape index (κ2) is 5.71. The van der Waals surface area contributed by atoms with Crippen LogP contribution >= 0.6 is 34.8 Å². The Balaban J connectivity index is 2.28. The number of aromatic amines is 1. The van der Waals surface area contributed by atoms with Crippen LogP contribution in [-0.2, 0) is 6.54 Å². The van der Waals surface area contributed by atoms with E-state index in [1.165, 1.54) is 9.09 Å². The number of rotatable bonds is 4. The van der Waals surface area contributed by atoms with E-state index in [0.29, 0.717) is 6.04 Å². The minimum Gasteiger partial charge on any atom is -0.331 e. The lowest BCUT2D eigenvalue weighted by molar-refractivity contribution is 0.263. The summed E-state index contributed by atoms with van der Waals surface area (Å²) < 4.78 is 4.21. The van der Waals surface area contributed by atoms with Gasteiger partial charge in [0.25, 0.3) is 0 Å². The molecule has 0 amide bonds. The van der Waals surface area contributed by atoms with Crippen molar-refractivity contribution in [3.05, 3.63) is 26.5 Å². The SMILES string of the molecule is CC(C)N(C)CCn1c(=S)[nH]c2cc(I)ccc21. The molecule has 1 aromatic heterocycles. The molecule has 3 nitrogen and oxygen atoms in total. The smallest absolute Gasteiger partial charge is 0.178 e. The van der Waals surface area contributed by atoms with Crippen LogP contribution in [0.2, 0.25) is 0 Å². The van der Waals surface area contributed by atoms with Crippen LogP contribution in [0.25, 0.3) is 11.0 Å². The standard InChI is InChI=1S/C13H18IN3S/c1-9(2)16(3)6-7-17-12-5-4-10(14)8-11(12)15-13(17)18/h4-5,8-9H,6-7H2,1-3H3,(H,15,18). The van der Waals surface area contributed by atoms with Crippen molar-refractivity contribution < 1.29 is 0 Å². The third-order valence-electron chi connectivity index (χ3n) is 3.29. The summed E-state index contributed by atoms with van der Waals surface area (Å²) in [5.74, 6) is 0. The predicted molar refractivity (Wildman–Crippen MR) is 87.6 cm³/mol. The van der Waals surface area contributed by atoms with Crippen molar-refractivity contribution in [3.63, 3.8) is 0 Å². The van der Waals surface area contributed by atoms with E-state index >= 15 is 0 Å². The van der Waals surface area contributed by atoms with Crippen molar-refractivity contribution in [1.29, 1.82) is 0 Å². The van der Waals surface area contributed by atoms with Gasteiger partial charge in [0.2, 0.25) is 0 Å². The Labute approximate surface area is 126 Å². The number of hydrogen-bond acceptors (Lipinski definition) is 2. The van der Waals surface area contributed by atoms with Gasteiger partial charge in [0.15, 0.2) is 4.77 Å². The highest BCUT2D eigenvalue weighted by atomic mass is 127. The Kier molecular flexibility index (Phi) is 4.45. The first-order valence-corrected chi connectivity index (χ1v) is 7.56. The van der Waals surface area contributed by atoms with Gasteiger partial charge in [-0.1, -0.05) is 0 Å². The van der Waals surface area contributed by atoms with E-state index in [2.05, 4.69) is 76.1 Å². The van der Waals surface area contributed by atoms with Gasteiger partial charge in [0, 0.05) is 22.7 Å². The molecule has 98 valence electrons. The van der Waals surface area contributed by atoms with Crippen molar-refractivity contribution >= 4 is 45.8 Å². The van der Waals surface area contributed by atoms with Crippen molar-refractivity contribution in [1.82, 2.24) is 14.5 Å². The van der Waals surface area contributed by atoms with E-state index in [4.69, 9.17) is 12.2 Å². The number of hydrogen-bond donors (Lipinski definition) is 1. The summed E-state index contributed by atoms with van der Waals surface area (Å²) in [5, 5.41) is 0. The second-order valence-electron chi connectivity index (χ2n) is 4.82. The Morgan fingerprint density at radius 1 is 1.44 bits per heavy atom. The lowest BCUT2D eigenvalue weighted by Crippen LogP contribution is -2.29. The molecule has 0 radical (unpaired) electrons. The number of nitrogens with zero attached hydrogens (tertiary/aromatic N) is 2. The number of imidazole rings is 1. The molecule has 0 bridgehead atoms. The van der Waals surface area contributed by atoms with Crippen LogP contribution in [0, 0.1) is 8.34 Å². The third-order valence-corrected chi connectivity index (χ3v) is 4.29. The molecule has 0 aliphatic carbocycles. The lowest BCUT2D eigenvalue weighted by atomic mass is 10.3. The van der Waals surface area contributed by atoms with E-state index in [1.807, 2.05) is 0 Å². The summed E-state index contributed by atoms with van der Waals surface area (Å²) >= 11 is 7.72. The maximum absolute atomic E-state index is 5.40. The minimum atomic E-state index is 0.560. The highest BCUT2D eigenvalue weighted by molar-refractivity contribution is 14.1. The average Bonchev–Trinajstić information content (AvgIpc) is 2.60. The van der Waals surface area contributed by atoms with Gasteiger partial charge in [-0.05, 0) is 73.9 Å². The topological polar surface area (TPSA) is 24.0 Å². The Hall–Kier alpha value is -0.400. The van der Waals surface area contributed by atoms with E-state index in [0.717, 1.165) is 23.4 Å². The summed E-state index contributed by atoms with van der Waals surface area (Å²) in [4.78, 5) is 5.60. The van der Waals surface area contributed by atoms with Crippen LogP contribution in [0.15, 0.2) is 18.2 Å². The fourth-order valence-corrected chi connectivity index (χ4v) is 2.66. The van der Waals surface area contributed by atoms with E-state index in [9.17, 15) is 0 Å². The second-order valence-corrected chi connectivity index (χ2v) is 6.45. The summed E-state index contributed by atoms with van der Waals surface area (Å²) in [6.45, 7) is 6.34. The van der Waals surface area contributed by atoms with Gasteiger partial charge in [-0.25, -0.2) is 0 Å². The van der Waals surface area contributed by atoms with Gasteiger partial charge < -0.3 is 14.5 Å². The number of fused-ring (bicyclic) bond motifs is 1. The molecule has 0 aliphatic heterocycles. The van der Waals surface area contributed by atoms with Gasteiger partial charge >= 0.3 is 0 Å². The van der Waals surface area contributed by atoms with E-state index in [-0.39, 0.29) is 0 Å². The average molecular weight is 375 g/mol. The summed E-state index contributed by atoms with van der Waals surface area (Å²) in [6.07, 6.45) is 0. The maximum atomic E-state index is 5.40. The van der Waals surface area contributed by atoms with E-state index in [1.54, 1.807) is 0 Å². The van der Waals surface area contributed by atoms with Crippen LogP contribution in [0.1, 0.15) is 13.8 Å². The zero-order valence-corrected chi connectivity index (χ0v) is 13.9. The molecule has 0 saturated heterocycles. The highest BCUT2D eigenvalue weighted by Crippen LogP contribution is 2.17. The fourth-order valence-electron chi connectivity index (χ4n) is 1.87. The predicted octanol–water partition coefficient (Wildman–Crippen LogP) is 3.64. The van der Waals surface area contributed by atoms with Crippen molar-refractivity contribution in [2.45, 2.75) is 26.4 Å². The molecule has 0 saturated carbocycles. The van der Waals surface area contributed by atoms with Crippen LogP contribution < -0.4 is 0 Å². The maximum Gasteiger partial charge on any atom is 0.178 e. The number of benzene rings is 1. The molecule has 0 unspecified atom stereocenters. The van der Waals surface area contributed by atoms with Gasteiger partial charge in [0.05, 0.1) is 11.0 Å². The summed E-state index contributed by atoms with van der Waals surface area (Å²) in [7, 11) is 2.14. The van der Waals surface area contributed by atoms with Crippen LogP contribution in [0.3, 0.4) is 0 Å². The van der Waals surface area contributed by atoms with Gasteiger partial charge in [-0.3, -0.25) is 0 Å². The molecule has 5 heteroatoms. The first-order valence-electron chi connectivity index (χ1n) is 6.07. The van der Waals surface area contributed by atoms with Gasteiger partial charge in [-0.2, -0.15) is 0 Å². The molecule has 0 spiro atoms. The van der Waals surface area contributed by atoms with Gasteiger partial charge in [-0.15, -0.1) is 0 Å². The normalized spacial score (nSPS) is 11.9. The molecule has 0 fully saturated rings. The number of likely N-dealkylation sites (N-methyl/N-ethyl adjacent to an activating group) is 1. The molecular formula is C13H18IN3S. The van der Waals surface area contributed by atoms with Crippen molar-refractivity contribution in [2.75, 3.05) is 13.6 Å². The van der Waals surface area contributed by atoms with Crippen LogP contribution in [0.5, 0.6) is 0 Å². The Morgan fingerprint density at radius 2 is 2.17 bits per heavy atom. The third kappa shape index (κ3) is 2.95. The lowest BCUT2D eigenvalue weighted by Gasteiger charge is -2.21. The molecule has 1 heterocycles. The molecule has 1 aromatic carbocycles. The first-order chi connectivity index (χ1) is 8.49. The minimum absolute atomic E-state index is 0.560. The number of nitrogens with one attached hydrogen (secondary N) is 1. The zero-order valence-electron chi connectivity index (χ0n) is 10.9. The summed E-state index contributed by atoms with van der Waals surface area (Å²) in [6, 6.07) is 6.95. The molecule has 2 rings (SSSR count). The molecule has 2 aromatic rings. The Bertz CT molecular complexity index is 600. The molecule has 1 N–H and O–H groups in total. The first kappa shape index (κ1) is 14.0. The molecular weight excluding hydrogens is 357 g/mol. The van der Waals surface area contributed by atoms with E-state index < -0.39 is 0 Å².